The molecule has 1 aromatic heterocycles. The van der Waals surface area contributed by atoms with Gasteiger partial charge in [-0.15, -0.1) is 0 Å². The number of carbonyl (C=O) groups is 2. The minimum absolute atomic E-state index is 0.170. The first kappa shape index (κ1) is 17.3. The lowest BCUT2D eigenvalue weighted by atomic mass is 10.1. The number of nitrogens with zero attached hydrogens (tertiary/aromatic N) is 1. The number of ether oxygens (including phenoxy) is 1. The van der Waals surface area contributed by atoms with Crippen molar-refractivity contribution in [1.82, 2.24) is 9.88 Å². The zero-order chi connectivity index (χ0) is 17.0. The molecule has 0 saturated carbocycles. The third-order valence-corrected chi connectivity index (χ3v) is 4.04. The highest BCUT2D eigenvalue weighted by molar-refractivity contribution is 6.31. The number of carbonyl (C=O) groups excluding carboxylic acids is 2. The van der Waals surface area contributed by atoms with E-state index in [1.807, 2.05) is 6.07 Å². The summed E-state index contributed by atoms with van der Waals surface area (Å²) in [5, 5.41) is 1.56. The van der Waals surface area contributed by atoms with Crippen LogP contribution < -0.4 is 5.73 Å². The Morgan fingerprint density at radius 1 is 1.43 bits per heavy atom. The maximum absolute atomic E-state index is 12.6. The molecule has 0 spiro atoms. The number of aromatic nitrogens is 1. The van der Waals surface area contributed by atoms with Crippen molar-refractivity contribution >= 4 is 34.3 Å². The summed E-state index contributed by atoms with van der Waals surface area (Å²) in [6.07, 6.45) is 1.95. The van der Waals surface area contributed by atoms with E-state index < -0.39 is 11.9 Å². The maximum Gasteiger partial charge on any atom is 0.239 e. The van der Waals surface area contributed by atoms with Crippen LogP contribution in [0.5, 0.6) is 0 Å². The number of fused-ring (bicyclic) bond motifs is 1. The van der Waals surface area contributed by atoms with Crippen molar-refractivity contribution in [3.05, 3.63) is 35.0 Å². The Labute approximate surface area is 139 Å². The molecule has 0 aliphatic heterocycles. The molecule has 23 heavy (non-hydrogen) atoms. The van der Waals surface area contributed by atoms with E-state index >= 15 is 0 Å². The molecular formula is C16H20ClN3O3. The molecule has 6 nitrogen and oxygen atoms in total. The number of primary amides is 1. The van der Waals surface area contributed by atoms with Crippen LogP contribution in [0.2, 0.25) is 5.02 Å². The molecule has 0 radical (unpaired) electrons. The van der Waals surface area contributed by atoms with Gasteiger partial charge in [0.2, 0.25) is 11.8 Å². The highest BCUT2D eigenvalue weighted by Gasteiger charge is 2.24. The highest BCUT2D eigenvalue weighted by atomic mass is 35.5. The minimum Gasteiger partial charge on any atom is -0.383 e. The van der Waals surface area contributed by atoms with Crippen LogP contribution in [0.15, 0.2) is 24.4 Å². The van der Waals surface area contributed by atoms with Gasteiger partial charge >= 0.3 is 0 Å². The van der Waals surface area contributed by atoms with E-state index in [4.69, 9.17) is 22.1 Å². The standard InChI is InChI=1S/C16H20ClN3O3/c1-10(16(18)22)20(5-6-23-2)15(21)7-11-9-19-14-8-12(17)3-4-13(11)14/h3-4,8-10,19H,5-7H2,1-2H3,(H2,18,22)/t10-/m1/s1. The molecule has 0 saturated heterocycles. The Balaban J connectivity index is 2.20. The molecule has 1 heterocycles. The fourth-order valence-corrected chi connectivity index (χ4v) is 2.62. The smallest absolute Gasteiger partial charge is 0.239 e. The van der Waals surface area contributed by atoms with E-state index in [0.29, 0.717) is 18.2 Å². The number of hydrogen-bond acceptors (Lipinski definition) is 3. The Hall–Kier alpha value is -2.05. The van der Waals surface area contributed by atoms with Crippen molar-refractivity contribution in [3.8, 4) is 0 Å². The van der Waals surface area contributed by atoms with Crippen molar-refractivity contribution in [2.45, 2.75) is 19.4 Å². The van der Waals surface area contributed by atoms with Crippen molar-refractivity contribution in [2.75, 3.05) is 20.3 Å². The zero-order valence-corrected chi connectivity index (χ0v) is 13.9. The summed E-state index contributed by atoms with van der Waals surface area (Å²) in [6, 6.07) is 4.77. The fraction of sp³-hybridized carbons (Fsp3) is 0.375. The van der Waals surface area contributed by atoms with Gasteiger partial charge in [-0.3, -0.25) is 9.59 Å². The molecule has 0 unspecified atom stereocenters. The monoisotopic (exact) mass is 337 g/mol. The van der Waals surface area contributed by atoms with Gasteiger partial charge in [0, 0.05) is 35.8 Å². The first-order valence-electron chi connectivity index (χ1n) is 7.27. The van der Waals surface area contributed by atoms with Crippen LogP contribution in [0.1, 0.15) is 12.5 Å². The Bertz CT molecular complexity index is 714. The Kier molecular flexibility index (Phi) is 5.63. The summed E-state index contributed by atoms with van der Waals surface area (Å²) in [4.78, 5) is 28.6. The normalized spacial score (nSPS) is 12.3. The SMILES string of the molecule is COCCN(C(=O)Cc1c[nH]c2cc(Cl)ccc12)[C@H](C)C(N)=O. The third kappa shape index (κ3) is 4.03. The van der Waals surface area contributed by atoms with E-state index in [9.17, 15) is 9.59 Å². The van der Waals surface area contributed by atoms with Gasteiger partial charge in [0.1, 0.15) is 6.04 Å². The van der Waals surface area contributed by atoms with Crippen molar-refractivity contribution in [3.63, 3.8) is 0 Å². The van der Waals surface area contributed by atoms with Gasteiger partial charge in [-0.2, -0.15) is 0 Å². The Morgan fingerprint density at radius 3 is 2.83 bits per heavy atom. The molecule has 0 fully saturated rings. The van der Waals surface area contributed by atoms with Crippen LogP contribution in [0, 0.1) is 0 Å². The van der Waals surface area contributed by atoms with Crippen LogP contribution in [-0.4, -0.2) is 48.0 Å². The number of amides is 2. The topological polar surface area (TPSA) is 88.4 Å². The highest BCUT2D eigenvalue weighted by Crippen LogP contribution is 2.23. The average Bonchev–Trinajstić information content (AvgIpc) is 2.89. The number of hydrogen-bond donors (Lipinski definition) is 2. The second kappa shape index (κ2) is 7.48. The minimum atomic E-state index is -0.683. The maximum atomic E-state index is 12.6. The average molecular weight is 338 g/mol. The summed E-state index contributed by atoms with van der Waals surface area (Å²) in [7, 11) is 1.54. The molecule has 2 amide bonds. The summed E-state index contributed by atoms with van der Waals surface area (Å²) in [5.41, 5.74) is 7.05. The largest absolute Gasteiger partial charge is 0.383 e. The van der Waals surface area contributed by atoms with Gasteiger partial charge in [0.15, 0.2) is 0 Å². The molecule has 3 N–H and O–H groups in total. The molecule has 0 aliphatic carbocycles. The molecule has 124 valence electrons. The summed E-state index contributed by atoms with van der Waals surface area (Å²) in [5.74, 6) is -0.718. The third-order valence-electron chi connectivity index (χ3n) is 3.81. The van der Waals surface area contributed by atoms with Crippen molar-refractivity contribution < 1.29 is 14.3 Å². The molecule has 7 heteroatoms. The summed E-state index contributed by atoms with van der Waals surface area (Å²) in [6.45, 7) is 2.27. The lowest BCUT2D eigenvalue weighted by molar-refractivity contribution is -0.138. The molecule has 1 atom stereocenters. The predicted molar refractivity (Wildman–Crippen MR) is 89.3 cm³/mol. The fourth-order valence-electron chi connectivity index (χ4n) is 2.45. The van der Waals surface area contributed by atoms with Gasteiger partial charge in [0.25, 0.3) is 0 Å². The van der Waals surface area contributed by atoms with E-state index in [0.717, 1.165) is 16.5 Å². The van der Waals surface area contributed by atoms with E-state index in [1.54, 1.807) is 32.4 Å². The number of benzene rings is 1. The Morgan fingerprint density at radius 2 is 2.17 bits per heavy atom. The van der Waals surface area contributed by atoms with Gasteiger partial charge in [-0.25, -0.2) is 0 Å². The van der Waals surface area contributed by atoms with Gasteiger partial charge in [-0.05, 0) is 24.6 Å². The second-order valence-corrected chi connectivity index (χ2v) is 5.78. The lowest BCUT2D eigenvalue weighted by Crippen LogP contribution is -2.48. The number of halogens is 1. The lowest BCUT2D eigenvalue weighted by Gasteiger charge is -2.27. The second-order valence-electron chi connectivity index (χ2n) is 5.34. The number of nitrogens with one attached hydrogen (secondary N) is 1. The van der Waals surface area contributed by atoms with Crippen LogP contribution in [-0.2, 0) is 20.7 Å². The molecule has 2 rings (SSSR count). The molecule has 0 bridgehead atoms. The van der Waals surface area contributed by atoms with Crippen LogP contribution in [0.25, 0.3) is 10.9 Å². The predicted octanol–water partition coefficient (Wildman–Crippen LogP) is 1.71. The van der Waals surface area contributed by atoms with Gasteiger partial charge in [0.05, 0.1) is 13.0 Å². The zero-order valence-electron chi connectivity index (χ0n) is 13.1. The molecule has 1 aromatic carbocycles. The number of aromatic amines is 1. The first-order valence-corrected chi connectivity index (χ1v) is 7.65. The van der Waals surface area contributed by atoms with Crippen molar-refractivity contribution in [2.24, 2.45) is 5.73 Å². The molecule has 2 aromatic rings. The molecule has 0 aliphatic rings. The number of methoxy groups -OCH3 is 1. The van der Waals surface area contributed by atoms with Crippen molar-refractivity contribution in [1.29, 1.82) is 0 Å². The first-order chi connectivity index (χ1) is 10.9. The summed E-state index contributed by atoms with van der Waals surface area (Å²) < 4.78 is 5.00. The number of H-pyrrole nitrogens is 1. The van der Waals surface area contributed by atoms with Crippen LogP contribution in [0.3, 0.4) is 0 Å². The van der Waals surface area contributed by atoms with E-state index in [2.05, 4.69) is 4.98 Å². The van der Waals surface area contributed by atoms with Gasteiger partial charge in [-0.1, -0.05) is 17.7 Å². The number of rotatable bonds is 7. The van der Waals surface area contributed by atoms with Crippen LogP contribution >= 0.6 is 11.6 Å². The van der Waals surface area contributed by atoms with E-state index in [-0.39, 0.29) is 12.3 Å². The van der Waals surface area contributed by atoms with Crippen LogP contribution in [0.4, 0.5) is 0 Å². The quantitative estimate of drug-likeness (QED) is 0.806. The number of nitrogens with two attached hydrogens (primary N) is 1. The molecular weight excluding hydrogens is 318 g/mol. The van der Waals surface area contributed by atoms with Gasteiger partial charge < -0.3 is 20.4 Å². The summed E-state index contributed by atoms with van der Waals surface area (Å²) >= 11 is 5.96. The van der Waals surface area contributed by atoms with E-state index in [1.165, 1.54) is 4.90 Å².